The molecule has 1 aromatic carbocycles. The Labute approximate surface area is 178 Å². The molecule has 3 heterocycles. The lowest BCUT2D eigenvalue weighted by atomic mass is 10.2. The van der Waals surface area contributed by atoms with E-state index in [0.29, 0.717) is 37.1 Å². The summed E-state index contributed by atoms with van der Waals surface area (Å²) in [6.07, 6.45) is 1.49. The van der Waals surface area contributed by atoms with Gasteiger partial charge >= 0.3 is 0 Å². The predicted octanol–water partition coefficient (Wildman–Crippen LogP) is 2.81. The lowest BCUT2D eigenvalue weighted by Gasteiger charge is -2.33. The lowest BCUT2D eigenvalue weighted by Crippen LogP contribution is -2.50. The van der Waals surface area contributed by atoms with E-state index in [0.717, 1.165) is 17.0 Å². The van der Waals surface area contributed by atoms with Gasteiger partial charge in [-0.3, -0.25) is 14.5 Å². The average molecular weight is 426 g/mol. The Morgan fingerprint density at radius 1 is 1.17 bits per heavy atom. The zero-order valence-electron chi connectivity index (χ0n) is 16.5. The van der Waals surface area contributed by atoms with E-state index in [1.165, 1.54) is 17.6 Å². The average Bonchev–Trinajstić information content (AvgIpc) is 3.46. The molecule has 0 unspecified atom stereocenters. The first kappa shape index (κ1) is 20.1. The Kier molecular flexibility index (Phi) is 6.10. The smallest absolute Gasteiger partial charge is 0.289 e. The number of ether oxygens (including phenoxy) is 1. The number of amides is 2. The minimum Gasteiger partial charge on any atom is -0.497 e. The van der Waals surface area contributed by atoms with Crippen LogP contribution in [-0.4, -0.2) is 66.4 Å². The van der Waals surface area contributed by atoms with Gasteiger partial charge in [-0.25, -0.2) is 4.98 Å². The normalized spacial score (nSPS) is 14.5. The zero-order valence-corrected chi connectivity index (χ0v) is 17.4. The van der Waals surface area contributed by atoms with Gasteiger partial charge in [0.2, 0.25) is 5.91 Å². The summed E-state index contributed by atoms with van der Waals surface area (Å²) in [6, 6.07) is 11.0. The van der Waals surface area contributed by atoms with Gasteiger partial charge in [-0.2, -0.15) is 0 Å². The molecule has 30 heavy (non-hydrogen) atoms. The SMILES string of the molecule is COc1ccc(-c2csc(NC(=O)CN3CCN(C(=O)c4ccco4)CC3)n2)cc1. The summed E-state index contributed by atoms with van der Waals surface area (Å²) in [5, 5.41) is 5.35. The second kappa shape index (κ2) is 9.10. The summed E-state index contributed by atoms with van der Waals surface area (Å²) < 4.78 is 10.3. The number of rotatable bonds is 6. The van der Waals surface area contributed by atoms with Crippen LogP contribution >= 0.6 is 11.3 Å². The van der Waals surface area contributed by atoms with Crippen molar-refractivity contribution in [3.05, 3.63) is 53.8 Å². The van der Waals surface area contributed by atoms with Crippen LogP contribution in [-0.2, 0) is 4.79 Å². The maximum absolute atomic E-state index is 12.4. The van der Waals surface area contributed by atoms with E-state index in [1.54, 1.807) is 24.1 Å². The highest BCUT2D eigenvalue weighted by Crippen LogP contribution is 2.26. The number of aromatic nitrogens is 1. The number of carbonyl (C=O) groups excluding carboxylic acids is 2. The second-order valence-electron chi connectivity index (χ2n) is 6.86. The quantitative estimate of drug-likeness (QED) is 0.652. The largest absolute Gasteiger partial charge is 0.497 e. The Morgan fingerprint density at radius 3 is 2.60 bits per heavy atom. The van der Waals surface area contributed by atoms with E-state index in [1.807, 2.05) is 34.5 Å². The number of methoxy groups -OCH3 is 1. The Hall–Kier alpha value is -3.17. The third-order valence-corrected chi connectivity index (χ3v) is 5.65. The molecule has 1 N–H and O–H groups in total. The van der Waals surface area contributed by atoms with Crippen molar-refractivity contribution in [3.63, 3.8) is 0 Å². The fraction of sp³-hybridized carbons (Fsp3) is 0.286. The number of carbonyl (C=O) groups is 2. The molecule has 3 aromatic rings. The van der Waals surface area contributed by atoms with Crippen LogP contribution in [0.25, 0.3) is 11.3 Å². The van der Waals surface area contributed by atoms with Crippen LogP contribution < -0.4 is 10.1 Å². The molecule has 1 fully saturated rings. The lowest BCUT2D eigenvalue weighted by molar-refractivity contribution is -0.117. The van der Waals surface area contributed by atoms with Crippen LogP contribution in [0.1, 0.15) is 10.6 Å². The molecule has 0 radical (unpaired) electrons. The fourth-order valence-electron chi connectivity index (χ4n) is 3.25. The Balaban J connectivity index is 1.26. The van der Waals surface area contributed by atoms with Gasteiger partial charge in [0.15, 0.2) is 10.9 Å². The van der Waals surface area contributed by atoms with Crippen molar-refractivity contribution in [2.45, 2.75) is 0 Å². The molecule has 0 aliphatic carbocycles. The van der Waals surface area contributed by atoms with Crippen LogP contribution in [0.3, 0.4) is 0 Å². The van der Waals surface area contributed by atoms with Gasteiger partial charge < -0.3 is 19.4 Å². The number of hydrogen-bond donors (Lipinski definition) is 1. The first-order valence-corrected chi connectivity index (χ1v) is 10.5. The molecule has 0 saturated carbocycles. The van der Waals surface area contributed by atoms with E-state index in [4.69, 9.17) is 9.15 Å². The minimum atomic E-state index is -0.114. The fourth-order valence-corrected chi connectivity index (χ4v) is 3.99. The molecule has 0 atom stereocenters. The first-order chi connectivity index (χ1) is 14.6. The molecule has 156 valence electrons. The second-order valence-corrected chi connectivity index (χ2v) is 7.72. The summed E-state index contributed by atoms with van der Waals surface area (Å²) in [4.78, 5) is 33.0. The topological polar surface area (TPSA) is 87.9 Å². The number of anilines is 1. The van der Waals surface area contributed by atoms with E-state index in [-0.39, 0.29) is 18.4 Å². The van der Waals surface area contributed by atoms with Crippen LogP contribution in [0, 0.1) is 0 Å². The predicted molar refractivity (Wildman–Crippen MR) is 114 cm³/mol. The van der Waals surface area contributed by atoms with Gasteiger partial charge in [-0.05, 0) is 36.4 Å². The monoisotopic (exact) mass is 426 g/mol. The van der Waals surface area contributed by atoms with Crippen molar-refractivity contribution in [1.82, 2.24) is 14.8 Å². The molecule has 2 amide bonds. The highest BCUT2D eigenvalue weighted by Gasteiger charge is 2.24. The number of piperazine rings is 1. The maximum atomic E-state index is 12.4. The van der Waals surface area contributed by atoms with Crippen molar-refractivity contribution >= 4 is 28.3 Å². The van der Waals surface area contributed by atoms with Crippen LogP contribution in [0.4, 0.5) is 5.13 Å². The van der Waals surface area contributed by atoms with Gasteiger partial charge in [0.1, 0.15) is 5.75 Å². The van der Waals surface area contributed by atoms with Crippen molar-refractivity contribution in [1.29, 1.82) is 0 Å². The number of furan rings is 1. The highest BCUT2D eigenvalue weighted by molar-refractivity contribution is 7.14. The number of thiazole rings is 1. The molecule has 1 saturated heterocycles. The third kappa shape index (κ3) is 4.69. The molecule has 8 nitrogen and oxygen atoms in total. The zero-order chi connectivity index (χ0) is 20.9. The van der Waals surface area contributed by atoms with Crippen LogP contribution in [0.15, 0.2) is 52.5 Å². The number of nitrogens with one attached hydrogen (secondary N) is 1. The maximum Gasteiger partial charge on any atom is 0.289 e. The van der Waals surface area contributed by atoms with Gasteiger partial charge in [0, 0.05) is 37.1 Å². The summed E-state index contributed by atoms with van der Waals surface area (Å²) in [6.45, 7) is 2.65. The standard InChI is InChI=1S/C21H22N4O4S/c1-28-16-6-4-15(5-7-16)17-14-30-21(22-17)23-19(26)13-24-8-10-25(11-9-24)20(27)18-3-2-12-29-18/h2-7,12,14H,8-11,13H2,1H3,(H,22,23,26). The highest BCUT2D eigenvalue weighted by atomic mass is 32.1. The molecular formula is C21H22N4O4S. The molecule has 2 aromatic heterocycles. The van der Waals surface area contributed by atoms with Crippen LogP contribution in [0.5, 0.6) is 5.75 Å². The van der Waals surface area contributed by atoms with Crippen LogP contribution in [0.2, 0.25) is 0 Å². The molecule has 9 heteroatoms. The van der Waals surface area contributed by atoms with Crippen molar-refractivity contribution in [2.75, 3.05) is 45.2 Å². The van der Waals surface area contributed by atoms with E-state index >= 15 is 0 Å². The number of benzene rings is 1. The van der Waals surface area contributed by atoms with Gasteiger partial charge in [-0.15, -0.1) is 11.3 Å². The van der Waals surface area contributed by atoms with E-state index in [9.17, 15) is 9.59 Å². The summed E-state index contributed by atoms with van der Waals surface area (Å²) in [5.74, 6) is 0.903. The molecule has 0 bridgehead atoms. The van der Waals surface area contributed by atoms with E-state index in [2.05, 4.69) is 10.3 Å². The molecule has 4 rings (SSSR count). The van der Waals surface area contributed by atoms with Gasteiger partial charge in [0.25, 0.3) is 5.91 Å². The Bertz CT molecular complexity index is 992. The van der Waals surface area contributed by atoms with Gasteiger partial charge in [-0.1, -0.05) is 0 Å². The molecule has 0 spiro atoms. The Morgan fingerprint density at radius 2 is 1.93 bits per heavy atom. The summed E-state index contributed by atoms with van der Waals surface area (Å²) >= 11 is 1.39. The van der Waals surface area contributed by atoms with Crippen molar-refractivity contribution in [2.24, 2.45) is 0 Å². The first-order valence-electron chi connectivity index (χ1n) is 9.57. The summed E-state index contributed by atoms with van der Waals surface area (Å²) in [5.41, 5.74) is 1.77. The number of nitrogens with zero attached hydrogens (tertiary/aromatic N) is 3. The van der Waals surface area contributed by atoms with Crippen molar-refractivity contribution < 1.29 is 18.7 Å². The summed E-state index contributed by atoms with van der Waals surface area (Å²) in [7, 11) is 1.63. The minimum absolute atomic E-state index is 0.113. The third-order valence-electron chi connectivity index (χ3n) is 4.89. The van der Waals surface area contributed by atoms with Crippen molar-refractivity contribution in [3.8, 4) is 17.0 Å². The molecule has 1 aliphatic rings. The van der Waals surface area contributed by atoms with Gasteiger partial charge in [0.05, 0.1) is 25.6 Å². The molecular weight excluding hydrogens is 404 g/mol. The molecule has 1 aliphatic heterocycles. The number of hydrogen-bond acceptors (Lipinski definition) is 7. The van der Waals surface area contributed by atoms with E-state index < -0.39 is 0 Å².